The molecule has 0 rings (SSSR count). The molecule has 0 fully saturated rings. The van der Waals surface area contributed by atoms with Crippen LogP contribution in [0.4, 0.5) is 17.6 Å². The Kier molecular flexibility index (Phi) is 5.33. The lowest BCUT2D eigenvalue weighted by Gasteiger charge is -2.09. The van der Waals surface area contributed by atoms with Gasteiger partial charge in [0.2, 0.25) is 0 Å². The molecule has 0 unspecified atom stereocenters. The molecule has 0 saturated heterocycles. The van der Waals surface area contributed by atoms with E-state index in [9.17, 15) is 17.6 Å². The molecule has 0 aliphatic heterocycles. The maximum absolute atomic E-state index is 13.2. The van der Waals surface area contributed by atoms with Gasteiger partial charge in [0.1, 0.15) is 5.83 Å². The highest BCUT2D eigenvalue weighted by molar-refractivity contribution is 5.35. The SMILES string of the molecule is C\C=C(/C=C(F)\C(=C/C)C(F)(F)F)CC. The Labute approximate surface area is 87.0 Å². The van der Waals surface area contributed by atoms with Gasteiger partial charge in [0.25, 0.3) is 0 Å². The first-order chi connectivity index (χ1) is 6.86. The average molecular weight is 222 g/mol. The number of rotatable bonds is 3. The standard InChI is InChI=1S/C11H14F4/c1-4-8(5-2)7-10(12)9(6-3)11(13,14)15/h4,6-7H,5H2,1-3H3/b8-4-,9-6+,10-7+. The maximum atomic E-state index is 13.2. The predicted octanol–water partition coefficient (Wildman–Crippen LogP) is 4.70. The Morgan fingerprint density at radius 2 is 1.67 bits per heavy atom. The molecule has 0 radical (unpaired) electrons. The Balaban J connectivity index is 5.07. The fraction of sp³-hybridized carbons (Fsp3) is 0.455. The van der Waals surface area contributed by atoms with E-state index in [-0.39, 0.29) is 0 Å². The third-order valence-corrected chi connectivity index (χ3v) is 1.94. The van der Waals surface area contributed by atoms with Crippen molar-refractivity contribution in [1.82, 2.24) is 0 Å². The Hall–Kier alpha value is -1.06. The van der Waals surface area contributed by atoms with Gasteiger partial charge < -0.3 is 0 Å². The first kappa shape index (κ1) is 13.9. The highest BCUT2D eigenvalue weighted by atomic mass is 19.4. The molecular formula is C11H14F4. The Bertz CT molecular complexity index is 292. The molecule has 0 spiro atoms. The second kappa shape index (κ2) is 5.73. The van der Waals surface area contributed by atoms with E-state index < -0.39 is 17.6 Å². The van der Waals surface area contributed by atoms with Gasteiger partial charge >= 0.3 is 6.18 Å². The fourth-order valence-electron chi connectivity index (χ4n) is 1.07. The maximum Gasteiger partial charge on any atom is 0.418 e. The normalized spacial score (nSPS) is 15.8. The van der Waals surface area contributed by atoms with Crippen molar-refractivity contribution in [3.05, 3.63) is 35.2 Å². The van der Waals surface area contributed by atoms with Crippen LogP contribution in [-0.4, -0.2) is 6.18 Å². The van der Waals surface area contributed by atoms with Gasteiger partial charge in [0, 0.05) is 0 Å². The molecule has 0 aromatic rings. The van der Waals surface area contributed by atoms with Crippen LogP contribution in [-0.2, 0) is 0 Å². The molecule has 0 aliphatic carbocycles. The van der Waals surface area contributed by atoms with Crippen molar-refractivity contribution in [2.45, 2.75) is 33.4 Å². The van der Waals surface area contributed by atoms with Crippen LogP contribution in [0.15, 0.2) is 35.2 Å². The number of hydrogen-bond acceptors (Lipinski definition) is 0. The molecule has 0 nitrogen and oxygen atoms in total. The predicted molar refractivity (Wildman–Crippen MR) is 53.1 cm³/mol. The molecule has 0 heterocycles. The third kappa shape index (κ3) is 4.32. The molecule has 86 valence electrons. The van der Waals surface area contributed by atoms with Gasteiger partial charge in [-0.3, -0.25) is 0 Å². The van der Waals surface area contributed by atoms with Gasteiger partial charge in [-0.1, -0.05) is 19.1 Å². The minimum atomic E-state index is -4.64. The molecule has 0 amide bonds. The number of allylic oxidation sites excluding steroid dienone is 6. The van der Waals surface area contributed by atoms with Gasteiger partial charge in [-0.25, -0.2) is 4.39 Å². The quantitative estimate of drug-likeness (QED) is 0.479. The van der Waals surface area contributed by atoms with Crippen molar-refractivity contribution in [3.63, 3.8) is 0 Å². The summed E-state index contributed by atoms with van der Waals surface area (Å²) in [5.41, 5.74) is -0.689. The number of halogens is 4. The first-order valence-corrected chi connectivity index (χ1v) is 4.63. The molecule has 0 atom stereocenters. The summed E-state index contributed by atoms with van der Waals surface area (Å²) in [4.78, 5) is 0. The van der Waals surface area contributed by atoms with Crippen molar-refractivity contribution in [2.24, 2.45) is 0 Å². The van der Waals surface area contributed by atoms with Gasteiger partial charge in [-0.2, -0.15) is 13.2 Å². The van der Waals surface area contributed by atoms with Gasteiger partial charge in [0.05, 0.1) is 5.57 Å². The average Bonchev–Trinajstić information content (AvgIpc) is 2.12. The molecule has 15 heavy (non-hydrogen) atoms. The van der Waals surface area contributed by atoms with E-state index in [0.29, 0.717) is 12.0 Å². The van der Waals surface area contributed by atoms with E-state index >= 15 is 0 Å². The largest absolute Gasteiger partial charge is 0.418 e. The number of hydrogen-bond donors (Lipinski definition) is 0. The van der Waals surface area contributed by atoms with Gasteiger partial charge in [-0.15, -0.1) is 0 Å². The van der Waals surface area contributed by atoms with Crippen LogP contribution in [0.1, 0.15) is 27.2 Å². The zero-order chi connectivity index (χ0) is 12.1. The van der Waals surface area contributed by atoms with E-state index in [1.165, 1.54) is 0 Å². The molecule has 4 heteroatoms. The zero-order valence-corrected chi connectivity index (χ0v) is 8.95. The van der Waals surface area contributed by atoms with Crippen molar-refractivity contribution in [1.29, 1.82) is 0 Å². The first-order valence-electron chi connectivity index (χ1n) is 4.63. The second-order valence-corrected chi connectivity index (χ2v) is 2.91. The molecular weight excluding hydrogens is 208 g/mol. The van der Waals surface area contributed by atoms with Crippen molar-refractivity contribution < 1.29 is 17.6 Å². The number of alkyl halides is 3. The second-order valence-electron chi connectivity index (χ2n) is 2.91. The summed E-state index contributed by atoms with van der Waals surface area (Å²) in [6.45, 7) is 4.57. The highest BCUT2D eigenvalue weighted by Crippen LogP contribution is 2.32. The van der Waals surface area contributed by atoms with E-state index in [1.807, 2.05) is 0 Å². The Morgan fingerprint density at radius 3 is 1.93 bits per heavy atom. The summed E-state index contributed by atoms with van der Waals surface area (Å²) in [6.07, 6.45) is -0.901. The van der Waals surface area contributed by atoms with Gasteiger partial charge in [-0.05, 0) is 31.9 Å². The lowest BCUT2D eigenvalue weighted by molar-refractivity contribution is -0.0911. The van der Waals surface area contributed by atoms with E-state index in [4.69, 9.17) is 0 Å². The van der Waals surface area contributed by atoms with E-state index in [2.05, 4.69) is 0 Å². The van der Waals surface area contributed by atoms with E-state index in [0.717, 1.165) is 19.1 Å². The van der Waals surface area contributed by atoms with Crippen LogP contribution >= 0.6 is 0 Å². The summed E-state index contributed by atoms with van der Waals surface area (Å²) in [7, 11) is 0. The lowest BCUT2D eigenvalue weighted by atomic mass is 10.1. The van der Waals surface area contributed by atoms with Crippen LogP contribution in [0.25, 0.3) is 0 Å². The minimum absolute atomic E-state index is 0.499. The molecule has 0 aromatic heterocycles. The zero-order valence-electron chi connectivity index (χ0n) is 8.95. The summed E-state index contributed by atoms with van der Waals surface area (Å²) in [6, 6.07) is 0. The molecule has 0 N–H and O–H groups in total. The summed E-state index contributed by atoms with van der Waals surface area (Å²) >= 11 is 0. The minimum Gasteiger partial charge on any atom is -0.206 e. The smallest absolute Gasteiger partial charge is 0.206 e. The Morgan fingerprint density at radius 1 is 1.13 bits per heavy atom. The van der Waals surface area contributed by atoms with Gasteiger partial charge in [0.15, 0.2) is 0 Å². The molecule has 0 saturated carbocycles. The monoisotopic (exact) mass is 222 g/mol. The fourth-order valence-corrected chi connectivity index (χ4v) is 1.07. The summed E-state index contributed by atoms with van der Waals surface area (Å²) in [5, 5.41) is 0. The molecule has 0 bridgehead atoms. The molecule has 0 aliphatic rings. The van der Waals surface area contributed by atoms with Crippen molar-refractivity contribution in [3.8, 4) is 0 Å². The van der Waals surface area contributed by atoms with Crippen molar-refractivity contribution >= 4 is 0 Å². The highest BCUT2D eigenvalue weighted by Gasteiger charge is 2.35. The van der Waals surface area contributed by atoms with Crippen LogP contribution in [0.3, 0.4) is 0 Å². The summed E-state index contributed by atoms with van der Waals surface area (Å²) < 4.78 is 50.0. The summed E-state index contributed by atoms with van der Waals surface area (Å²) in [5.74, 6) is -1.24. The van der Waals surface area contributed by atoms with Crippen LogP contribution in [0.2, 0.25) is 0 Å². The van der Waals surface area contributed by atoms with Crippen LogP contribution in [0, 0.1) is 0 Å². The lowest BCUT2D eigenvalue weighted by Crippen LogP contribution is -2.12. The third-order valence-electron chi connectivity index (χ3n) is 1.94. The van der Waals surface area contributed by atoms with Crippen molar-refractivity contribution in [2.75, 3.05) is 0 Å². The van der Waals surface area contributed by atoms with Crippen LogP contribution < -0.4 is 0 Å². The molecule has 0 aromatic carbocycles. The van der Waals surface area contributed by atoms with Crippen LogP contribution in [0.5, 0.6) is 0 Å². The van der Waals surface area contributed by atoms with E-state index in [1.54, 1.807) is 19.9 Å². The topological polar surface area (TPSA) is 0 Å².